The Morgan fingerprint density at radius 1 is 1.07 bits per heavy atom. The zero-order valence-electron chi connectivity index (χ0n) is 16.2. The van der Waals surface area contributed by atoms with E-state index < -0.39 is 0 Å². The molecule has 0 saturated carbocycles. The summed E-state index contributed by atoms with van der Waals surface area (Å²) in [7, 11) is 0. The molecule has 0 bridgehead atoms. The lowest BCUT2D eigenvalue weighted by atomic mass is 9.99. The molecule has 5 heteroatoms. The molecule has 0 unspecified atom stereocenters. The van der Waals surface area contributed by atoms with Gasteiger partial charge in [-0.2, -0.15) is 0 Å². The number of hydrogen-bond acceptors (Lipinski definition) is 3. The molecular formula is C23H22BrN3O. The van der Waals surface area contributed by atoms with Crippen LogP contribution >= 0.6 is 15.9 Å². The number of H-pyrrole nitrogens is 1. The van der Waals surface area contributed by atoms with Crippen LogP contribution in [-0.4, -0.2) is 23.1 Å². The Bertz CT molecular complexity index is 1230. The minimum atomic E-state index is -0.0547. The second-order valence-corrected chi connectivity index (χ2v) is 7.75. The minimum absolute atomic E-state index is 0.0547. The van der Waals surface area contributed by atoms with Gasteiger partial charge in [0.15, 0.2) is 0 Å². The Morgan fingerprint density at radius 3 is 2.46 bits per heavy atom. The van der Waals surface area contributed by atoms with Crippen LogP contribution in [0.4, 0.5) is 5.69 Å². The van der Waals surface area contributed by atoms with E-state index in [1.54, 1.807) is 0 Å². The van der Waals surface area contributed by atoms with Crippen LogP contribution in [0.2, 0.25) is 0 Å². The van der Waals surface area contributed by atoms with E-state index in [-0.39, 0.29) is 5.56 Å². The van der Waals surface area contributed by atoms with Crippen molar-refractivity contribution >= 4 is 43.4 Å². The second-order valence-electron chi connectivity index (χ2n) is 6.84. The summed E-state index contributed by atoms with van der Waals surface area (Å²) in [5.41, 5.74) is 5.27. The van der Waals surface area contributed by atoms with Gasteiger partial charge in [0.1, 0.15) is 0 Å². The smallest absolute Gasteiger partial charge is 0.253 e. The van der Waals surface area contributed by atoms with E-state index in [0.717, 1.165) is 61.9 Å². The van der Waals surface area contributed by atoms with Gasteiger partial charge in [0.25, 0.3) is 5.56 Å². The normalized spacial score (nSPS) is 11.3. The number of fused-ring (bicyclic) bond motifs is 3. The lowest BCUT2D eigenvalue weighted by Gasteiger charge is -2.26. The molecule has 0 spiro atoms. The third-order valence-electron chi connectivity index (χ3n) is 5.25. The zero-order chi connectivity index (χ0) is 19.8. The van der Waals surface area contributed by atoms with Gasteiger partial charge in [-0.1, -0.05) is 46.3 Å². The van der Waals surface area contributed by atoms with E-state index in [1.807, 2.05) is 43.3 Å². The first kappa shape index (κ1) is 18.7. The first-order chi connectivity index (χ1) is 13.5. The number of nitrogens with zero attached hydrogens (tertiary/aromatic N) is 2. The lowest BCUT2D eigenvalue weighted by molar-refractivity contribution is 0.863. The Balaban J connectivity index is 2.28. The third kappa shape index (κ3) is 3.00. The Kier molecular flexibility index (Phi) is 4.94. The first-order valence-electron chi connectivity index (χ1n) is 9.51. The largest absolute Gasteiger partial charge is 0.371 e. The van der Waals surface area contributed by atoms with Crippen molar-refractivity contribution < 1.29 is 0 Å². The molecule has 0 saturated heterocycles. The van der Waals surface area contributed by atoms with Crippen molar-refractivity contribution in [1.82, 2.24) is 9.97 Å². The molecule has 0 fully saturated rings. The molecule has 0 radical (unpaired) electrons. The highest BCUT2D eigenvalue weighted by molar-refractivity contribution is 9.10. The van der Waals surface area contributed by atoms with Gasteiger partial charge in [-0.15, -0.1) is 0 Å². The van der Waals surface area contributed by atoms with E-state index in [4.69, 9.17) is 4.98 Å². The van der Waals surface area contributed by atoms with Gasteiger partial charge in [-0.05, 0) is 39.0 Å². The average Bonchev–Trinajstić information content (AvgIpc) is 2.72. The molecule has 2 aromatic heterocycles. The van der Waals surface area contributed by atoms with Crippen molar-refractivity contribution in [3.8, 4) is 11.3 Å². The van der Waals surface area contributed by atoms with Crippen LogP contribution < -0.4 is 10.5 Å². The van der Waals surface area contributed by atoms with Gasteiger partial charge in [0.2, 0.25) is 0 Å². The van der Waals surface area contributed by atoms with Crippen molar-refractivity contribution in [3.63, 3.8) is 0 Å². The summed E-state index contributed by atoms with van der Waals surface area (Å²) in [5.74, 6) is 0. The Hall–Kier alpha value is -2.66. The third-order valence-corrected chi connectivity index (χ3v) is 5.74. The highest BCUT2D eigenvalue weighted by Gasteiger charge is 2.20. The van der Waals surface area contributed by atoms with Crippen LogP contribution in [0.25, 0.3) is 33.1 Å². The quantitative estimate of drug-likeness (QED) is 0.420. The standard InChI is InChI=1S/C23H22BrN3O/c1-4-27(5-2)22-14(3)23(28)26-21-17-13-16(24)11-12-18(17)25-20(19(21)22)15-9-7-6-8-10-15/h6-13H,4-5H2,1-3H3,(H,26,28). The molecule has 0 aliphatic rings. The number of anilines is 1. The number of halogens is 1. The van der Waals surface area contributed by atoms with Gasteiger partial charge in [-0.25, -0.2) is 4.98 Å². The van der Waals surface area contributed by atoms with E-state index in [9.17, 15) is 4.79 Å². The van der Waals surface area contributed by atoms with Gasteiger partial charge in [0.05, 0.1) is 22.4 Å². The van der Waals surface area contributed by atoms with E-state index >= 15 is 0 Å². The maximum Gasteiger partial charge on any atom is 0.253 e. The maximum atomic E-state index is 12.9. The molecule has 0 amide bonds. The summed E-state index contributed by atoms with van der Waals surface area (Å²) in [5, 5.41) is 1.94. The van der Waals surface area contributed by atoms with Crippen molar-refractivity contribution in [3.05, 3.63) is 68.9 Å². The number of nitrogens with one attached hydrogen (secondary N) is 1. The van der Waals surface area contributed by atoms with E-state index in [0.29, 0.717) is 0 Å². The number of rotatable bonds is 4. The molecule has 2 heterocycles. The molecule has 1 N–H and O–H groups in total. The molecule has 142 valence electrons. The van der Waals surface area contributed by atoms with Crippen molar-refractivity contribution in [1.29, 1.82) is 0 Å². The highest BCUT2D eigenvalue weighted by atomic mass is 79.9. The molecule has 0 atom stereocenters. The van der Waals surface area contributed by atoms with Crippen molar-refractivity contribution in [2.75, 3.05) is 18.0 Å². The first-order valence-corrected chi connectivity index (χ1v) is 10.3. The summed E-state index contributed by atoms with van der Waals surface area (Å²) >= 11 is 3.56. The van der Waals surface area contributed by atoms with Crippen molar-refractivity contribution in [2.24, 2.45) is 0 Å². The molecule has 28 heavy (non-hydrogen) atoms. The van der Waals surface area contributed by atoms with Crippen molar-refractivity contribution in [2.45, 2.75) is 20.8 Å². The summed E-state index contributed by atoms with van der Waals surface area (Å²) in [6.07, 6.45) is 0. The minimum Gasteiger partial charge on any atom is -0.371 e. The summed E-state index contributed by atoms with van der Waals surface area (Å²) in [4.78, 5) is 23.3. The highest BCUT2D eigenvalue weighted by Crippen LogP contribution is 2.38. The molecule has 4 aromatic rings. The molecule has 0 aliphatic carbocycles. The molecule has 2 aromatic carbocycles. The number of aromatic nitrogens is 2. The van der Waals surface area contributed by atoms with E-state index in [2.05, 4.69) is 51.8 Å². The van der Waals surface area contributed by atoms with Crippen LogP contribution in [0, 0.1) is 6.92 Å². The number of pyridine rings is 2. The number of hydrogen-bond donors (Lipinski definition) is 1. The number of aromatic amines is 1. The van der Waals surface area contributed by atoms with Gasteiger partial charge in [-0.3, -0.25) is 4.79 Å². The SMILES string of the molecule is CCN(CC)c1c(C)c(=O)[nH]c2c1c(-c1ccccc1)nc1ccc(Br)cc12. The fourth-order valence-corrected chi connectivity index (χ4v) is 4.20. The molecular weight excluding hydrogens is 414 g/mol. The van der Waals surface area contributed by atoms with Gasteiger partial charge >= 0.3 is 0 Å². The van der Waals surface area contributed by atoms with Crippen LogP contribution in [0.1, 0.15) is 19.4 Å². The molecule has 4 nitrogen and oxygen atoms in total. The van der Waals surface area contributed by atoms with Crippen LogP contribution in [-0.2, 0) is 0 Å². The predicted molar refractivity (Wildman–Crippen MR) is 121 cm³/mol. The predicted octanol–water partition coefficient (Wildman–Crippen LogP) is 5.66. The Morgan fingerprint density at radius 2 is 1.79 bits per heavy atom. The lowest BCUT2D eigenvalue weighted by Crippen LogP contribution is -2.26. The maximum absolute atomic E-state index is 12.9. The van der Waals surface area contributed by atoms with E-state index in [1.165, 1.54) is 0 Å². The second kappa shape index (κ2) is 7.40. The summed E-state index contributed by atoms with van der Waals surface area (Å²) in [6, 6.07) is 16.2. The topological polar surface area (TPSA) is 49.0 Å². The zero-order valence-corrected chi connectivity index (χ0v) is 17.8. The summed E-state index contributed by atoms with van der Waals surface area (Å²) < 4.78 is 0.960. The monoisotopic (exact) mass is 435 g/mol. The van der Waals surface area contributed by atoms with Gasteiger partial charge < -0.3 is 9.88 Å². The van der Waals surface area contributed by atoms with Crippen LogP contribution in [0.15, 0.2) is 57.8 Å². The van der Waals surface area contributed by atoms with Gasteiger partial charge in [0, 0.05) is 39.5 Å². The fraction of sp³-hybridized carbons (Fsp3) is 0.217. The summed E-state index contributed by atoms with van der Waals surface area (Å²) in [6.45, 7) is 7.76. The fourth-order valence-electron chi connectivity index (χ4n) is 3.84. The van der Waals surface area contributed by atoms with Crippen LogP contribution in [0.3, 0.4) is 0 Å². The Labute approximate surface area is 172 Å². The molecule has 4 rings (SSSR count). The average molecular weight is 436 g/mol. The number of benzene rings is 2. The molecule has 0 aliphatic heterocycles. The van der Waals surface area contributed by atoms with Crippen LogP contribution in [0.5, 0.6) is 0 Å².